The molecule has 0 aromatic heterocycles. The number of amides is 2. The van der Waals surface area contributed by atoms with Crippen LogP contribution in [-0.2, 0) is 21.5 Å². The van der Waals surface area contributed by atoms with Crippen molar-refractivity contribution in [2.75, 3.05) is 14.2 Å². The second kappa shape index (κ2) is 11.0. The third-order valence-corrected chi connectivity index (χ3v) is 5.38. The van der Waals surface area contributed by atoms with E-state index in [0.717, 1.165) is 5.56 Å². The number of carbonyl (C=O) groups is 3. The Labute approximate surface area is 195 Å². The smallest absolute Gasteiger partial charge is 0.341 e. The molecule has 0 spiro atoms. The summed E-state index contributed by atoms with van der Waals surface area (Å²) in [7, 11) is 2.76. The minimum absolute atomic E-state index is 0.00938. The van der Waals surface area contributed by atoms with Crippen LogP contribution in [0.4, 0.5) is 0 Å². The van der Waals surface area contributed by atoms with Gasteiger partial charge < -0.3 is 20.1 Å². The zero-order chi connectivity index (χ0) is 24.8. The van der Waals surface area contributed by atoms with Gasteiger partial charge in [0, 0.05) is 12.1 Å². The fraction of sp³-hybridized carbons (Fsp3) is 0.423. The van der Waals surface area contributed by atoms with Crippen LogP contribution in [0.1, 0.15) is 66.5 Å². The maximum absolute atomic E-state index is 12.9. The van der Waals surface area contributed by atoms with E-state index >= 15 is 0 Å². The lowest BCUT2D eigenvalue weighted by atomic mass is 9.86. The number of carbonyl (C=O) groups excluding carboxylic acids is 3. The number of benzene rings is 2. The molecule has 2 aromatic carbocycles. The van der Waals surface area contributed by atoms with Crippen molar-refractivity contribution >= 4 is 17.8 Å². The first-order chi connectivity index (χ1) is 15.5. The van der Waals surface area contributed by atoms with Gasteiger partial charge in [-0.15, -0.1) is 0 Å². The predicted molar refractivity (Wildman–Crippen MR) is 127 cm³/mol. The summed E-state index contributed by atoms with van der Waals surface area (Å²) in [5, 5.41) is 5.68. The molecule has 178 valence electrons. The Morgan fingerprint density at radius 1 is 0.970 bits per heavy atom. The van der Waals surface area contributed by atoms with Crippen molar-refractivity contribution in [2.24, 2.45) is 5.92 Å². The summed E-state index contributed by atoms with van der Waals surface area (Å²) >= 11 is 0. The van der Waals surface area contributed by atoms with Crippen LogP contribution in [0.2, 0.25) is 0 Å². The molecule has 0 aliphatic rings. The molecule has 1 atom stereocenters. The minimum atomic E-state index is -0.710. The summed E-state index contributed by atoms with van der Waals surface area (Å²) < 4.78 is 9.98. The molecule has 0 saturated carbocycles. The van der Waals surface area contributed by atoms with Gasteiger partial charge in [-0.05, 0) is 46.7 Å². The maximum atomic E-state index is 12.9. The second-order valence-corrected chi connectivity index (χ2v) is 9.27. The van der Waals surface area contributed by atoms with Gasteiger partial charge in [-0.25, -0.2) is 4.79 Å². The van der Waals surface area contributed by atoms with E-state index in [2.05, 4.69) is 31.4 Å². The van der Waals surface area contributed by atoms with Crippen molar-refractivity contribution < 1.29 is 23.9 Å². The van der Waals surface area contributed by atoms with Crippen molar-refractivity contribution in [3.63, 3.8) is 0 Å². The van der Waals surface area contributed by atoms with Gasteiger partial charge in [-0.1, -0.05) is 52.8 Å². The van der Waals surface area contributed by atoms with E-state index in [-0.39, 0.29) is 35.3 Å². The molecule has 0 fully saturated rings. The summed E-state index contributed by atoms with van der Waals surface area (Å²) in [6, 6.07) is 11.7. The van der Waals surface area contributed by atoms with E-state index in [4.69, 9.17) is 9.47 Å². The van der Waals surface area contributed by atoms with Crippen LogP contribution in [0, 0.1) is 5.92 Å². The lowest BCUT2D eigenvalue weighted by Crippen LogP contribution is -2.49. The Bertz CT molecular complexity index is 991. The molecule has 33 heavy (non-hydrogen) atoms. The van der Waals surface area contributed by atoms with Crippen LogP contribution in [0.3, 0.4) is 0 Å². The van der Waals surface area contributed by atoms with E-state index in [1.807, 2.05) is 26.0 Å². The molecule has 0 saturated heterocycles. The third kappa shape index (κ3) is 6.81. The van der Waals surface area contributed by atoms with Gasteiger partial charge in [-0.3, -0.25) is 9.59 Å². The third-order valence-electron chi connectivity index (χ3n) is 5.38. The van der Waals surface area contributed by atoms with E-state index < -0.39 is 12.0 Å². The summed E-state index contributed by atoms with van der Waals surface area (Å²) in [5.74, 6) is -0.863. The van der Waals surface area contributed by atoms with E-state index in [1.54, 1.807) is 30.3 Å². The standard InChI is InChI=1S/C26H34N2O5/c1-16(2)22(28-23(29)18-9-11-19(12-10-18)26(3,4)5)24(30)27-15-17-8-13-21(32-6)20(14-17)25(31)33-7/h8-14,16,22H,15H2,1-7H3,(H,27,30)(H,28,29). The van der Waals surface area contributed by atoms with Crippen LogP contribution in [0.15, 0.2) is 42.5 Å². The molecular weight excluding hydrogens is 420 g/mol. The van der Waals surface area contributed by atoms with Crippen LogP contribution >= 0.6 is 0 Å². The number of hydrogen-bond donors (Lipinski definition) is 2. The second-order valence-electron chi connectivity index (χ2n) is 9.27. The van der Waals surface area contributed by atoms with E-state index in [0.29, 0.717) is 16.9 Å². The average molecular weight is 455 g/mol. The Hall–Kier alpha value is -3.35. The van der Waals surface area contributed by atoms with Crippen LogP contribution < -0.4 is 15.4 Å². The molecule has 0 heterocycles. The number of nitrogens with one attached hydrogen (secondary N) is 2. The van der Waals surface area contributed by atoms with Crippen LogP contribution in [0.25, 0.3) is 0 Å². The minimum Gasteiger partial charge on any atom is -0.496 e. The fourth-order valence-corrected chi connectivity index (χ4v) is 3.31. The largest absolute Gasteiger partial charge is 0.496 e. The lowest BCUT2D eigenvalue weighted by Gasteiger charge is -2.22. The monoisotopic (exact) mass is 454 g/mol. The molecule has 2 rings (SSSR count). The molecule has 2 aromatic rings. The van der Waals surface area contributed by atoms with Gasteiger partial charge in [0.2, 0.25) is 5.91 Å². The first-order valence-electron chi connectivity index (χ1n) is 10.9. The van der Waals surface area contributed by atoms with Gasteiger partial charge in [0.15, 0.2) is 0 Å². The van der Waals surface area contributed by atoms with Gasteiger partial charge in [-0.2, -0.15) is 0 Å². The Morgan fingerprint density at radius 2 is 1.61 bits per heavy atom. The van der Waals surface area contributed by atoms with Crippen LogP contribution in [-0.4, -0.2) is 38.0 Å². The number of methoxy groups -OCH3 is 2. The Kier molecular flexibility index (Phi) is 8.63. The number of ether oxygens (including phenoxy) is 2. The molecule has 2 N–H and O–H groups in total. The van der Waals surface area contributed by atoms with Gasteiger partial charge >= 0.3 is 5.97 Å². The average Bonchev–Trinajstić information content (AvgIpc) is 2.79. The van der Waals surface area contributed by atoms with Crippen molar-refractivity contribution in [3.05, 3.63) is 64.7 Å². The van der Waals surface area contributed by atoms with E-state index in [1.165, 1.54) is 14.2 Å². The van der Waals surface area contributed by atoms with Gasteiger partial charge in [0.1, 0.15) is 17.4 Å². The van der Waals surface area contributed by atoms with Crippen molar-refractivity contribution in [1.29, 1.82) is 0 Å². The van der Waals surface area contributed by atoms with Crippen molar-refractivity contribution in [2.45, 2.75) is 52.6 Å². The normalized spacial score (nSPS) is 12.1. The highest BCUT2D eigenvalue weighted by atomic mass is 16.5. The predicted octanol–water partition coefficient (Wildman–Crippen LogP) is 3.85. The summed E-state index contributed by atoms with van der Waals surface area (Å²) in [4.78, 5) is 37.6. The summed E-state index contributed by atoms with van der Waals surface area (Å²) in [6.07, 6.45) is 0. The number of rotatable bonds is 8. The van der Waals surface area contributed by atoms with Gasteiger partial charge in [0.05, 0.1) is 14.2 Å². The molecule has 0 bridgehead atoms. The molecular formula is C26H34N2O5. The van der Waals surface area contributed by atoms with Crippen LogP contribution in [0.5, 0.6) is 5.75 Å². The molecule has 0 aliphatic carbocycles. The quantitative estimate of drug-likeness (QED) is 0.591. The fourth-order valence-electron chi connectivity index (χ4n) is 3.31. The number of hydrogen-bond acceptors (Lipinski definition) is 5. The molecule has 2 amide bonds. The van der Waals surface area contributed by atoms with Gasteiger partial charge in [0.25, 0.3) is 5.91 Å². The highest BCUT2D eigenvalue weighted by molar-refractivity contribution is 5.97. The zero-order valence-electron chi connectivity index (χ0n) is 20.4. The number of esters is 1. The first kappa shape index (κ1) is 25.9. The molecule has 7 nitrogen and oxygen atoms in total. The Balaban J connectivity index is 2.08. The molecule has 0 aliphatic heterocycles. The van der Waals surface area contributed by atoms with Crippen molar-refractivity contribution in [1.82, 2.24) is 10.6 Å². The summed E-state index contributed by atoms with van der Waals surface area (Å²) in [5.41, 5.74) is 2.60. The molecule has 7 heteroatoms. The van der Waals surface area contributed by atoms with E-state index in [9.17, 15) is 14.4 Å². The highest BCUT2D eigenvalue weighted by Crippen LogP contribution is 2.23. The lowest BCUT2D eigenvalue weighted by molar-refractivity contribution is -0.124. The maximum Gasteiger partial charge on any atom is 0.341 e. The molecule has 1 unspecified atom stereocenters. The van der Waals surface area contributed by atoms with Crippen molar-refractivity contribution in [3.8, 4) is 5.75 Å². The Morgan fingerprint density at radius 3 is 2.12 bits per heavy atom. The molecule has 0 radical (unpaired) electrons. The zero-order valence-corrected chi connectivity index (χ0v) is 20.4. The first-order valence-corrected chi connectivity index (χ1v) is 10.9. The topological polar surface area (TPSA) is 93.7 Å². The summed E-state index contributed by atoms with van der Waals surface area (Å²) in [6.45, 7) is 10.3. The SMILES string of the molecule is COC(=O)c1cc(CNC(=O)C(NC(=O)c2ccc(C(C)(C)C)cc2)C(C)C)ccc1OC. The highest BCUT2D eigenvalue weighted by Gasteiger charge is 2.25.